The van der Waals surface area contributed by atoms with Crippen molar-refractivity contribution in [1.82, 2.24) is 10.2 Å². The monoisotopic (exact) mass is 693 g/mol. The molecular formula is C37H41Cl2N3O4S. The molecule has 1 N–H and O–H groups in total. The summed E-state index contributed by atoms with van der Waals surface area (Å²) >= 11 is 12.5. The van der Waals surface area contributed by atoms with Crippen LogP contribution in [0.25, 0.3) is 0 Å². The van der Waals surface area contributed by atoms with Gasteiger partial charge in [-0.3, -0.25) is 13.9 Å². The van der Waals surface area contributed by atoms with Gasteiger partial charge in [-0.2, -0.15) is 0 Å². The molecule has 4 aromatic carbocycles. The zero-order valence-electron chi connectivity index (χ0n) is 27.1. The van der Waals surface area contributed by atoms with E-state index in [1.54, 1.807) is 42.5 Å². The minimum absolute atomic E-state index is 0.00251. The number of halogens is 2. The molecule has 0 saturated heterocycles. The second-order valence-corrected chi connectivity index (χ2v) is 14.5. The van der Waals surface area contributed by atoms with Crippen molar-refractivity contribution in [2.75, 3.05) is 17.4 Å². The minimum atomic E-state index is -4.19. The molecule has 0 spiro atoms. The molecule has 248 valence electrons. The van der Waals surface area contributed by atoms with E-state index >= 15 is 0 Å². The number of hydrogen-bond donors (Lipinski definition) is 1. The van der Waals surface area contributed by atoms with Crippen molar-refractivity contribution in [3.63, 3.8) is 0 Å². The van der Waals surface area contributed by atoms with E-state index in [0.717, 1.165) is 21.0 Å². The van der Waals surface area contributed by atoms with E-state index in [0.29, 0.717) is 34.3 Å². The van der Waals surface area contributed by atoms with Crippen molar-refractivity contribution >= 4 is 50.7 Å². The number of sulfonamides is 1. The van der Waals surface area contributed by atoms with Gasteiger partial charge in [-0.15, -0.1) is 0 Å². The van der Waals surface area contributed by atoms with Crippen LogP contribution in [-0.4, -0.2) is 44.3 Å². The third-order valence-electron chi connectivity index (χ3n) is 7.89. The fourth-order valence-electron chi connectivity index (χ4n) is 5.15. The van der Waals surface area contributed by atoms with Gasteiger partial charge in [-0.1, -0.05) is 110 Å². The Labute approximate surface area is 288 Å². The molecule has 0 unspecified atom stereocenters. The van der Waals surface area contributed by atoms with Gasteiger partial charge in [0.05, 0.1) is 20.6 Å². The number of hydrogen-bond acceptors (Lipinski definition) is 4. The van der Waals surface area contributed by atoms with Gasteiger partial charge in [0, 0.05) is 19.5 Å². The highest BCUT2D eigenvalue weighted by Crippen LogP contribution is 2.28. The summed E-state index contributed by atoms with van der Waals surface area (Å²) in [5, 5.41) is 3.61. The van der Waals surface area contributed by atoms with E-state index in [1.165, 1.54) is 17.0 Å². The van der Waals surface area contributed by atoms with Crippen LogP contribution in [0.2, 0.25) is 10.0 Å². The van der Waals surface area contributed by atoms with Crippen molar-refractivity contribution in [3.05, 3.63) is 129 Å². The highest BCUT2D eigenvalue weighted by Gasteiger charge is 2.34. The average Bonchev–Trinajstić information content (AvgIpc) is 3.06. The lowest BCUT2D eigenvalue weighted by atomic mass is 10.0. The number of nitrogens with one attached hydrogen (secondary N) is 1. The number of anilines is 1. The predicted octanol–water partition coefficient (Wildman–Crippen LogP) is 7.79. The predicted molar refractivity (Wildman–Crippen MR) is 190 cm³/mol. The number of rotatable bonds is 14. The van der Waals surface area contributed by atoms with Gasteiger partial charge in [0.25, 0.3) is 10.0 Å². The zero-order valence-corrected chi connectivity index (χ0v) is 29.4. The second-order valence-electron chi connectivity index (χ2n) is 11.8. The molecule has 4 aromatic rings. The van der Waals surface area contributed by atoms with E-state index in [1.807, 2.05) is 56.3 Å². The van der Waals surface area contributed by atoms with Crippen LogP contribution < -0.4 is 9.62 Å². The largest absolute Gasteiger partial charge is 0.354 e. The van der Waals surface area contributed by atoms with E-state index in [2.05, 4.69) is 19.2 Å². The zero-order chi connectivity index (χ0) is 34.1. The fraction of sp³-hybridized carbons (Fsp3) is 0.297. The Kier molecular flexibility index (Phi) is 12.5. The van der Waals surface area contributed by atoms with Gasteiger partial charge < -0.3 is 10.2 Å². The Balaban J connectivity index is 1.82. The lowest BCUT2D eigenvalue weighted by molar-refractivity contribution is -0.140. The van der Waals surface area contributed by atoms with Crippen molar-refractivity contribution in [1.29, 1.82) is 0 Å². The highest BCUT2D eigenvalue weighted by molar-refractivity contribution is 7.92. The molecule has 7 nitrogen and oxygen atoms in total. The van der Waals surface area contributed by atoms with Crippen LogP contribution in [0.1, 0.15) is 55.4 Å². The Morgan fingerprint density at radius 2 is 1.49 bits per heavy atom. The molecule has 4 rings (SSSR count). The molecule has 1 atom stereocenters. The van der Waals surface area contributed by atoms with Crippen LogP contribution in [0.15, 0.2) is 102 Å². The summed E-state index contributed by atoms with van der Waals surface area (Å²) in [5.41, 5.74) is 3.77. The Morgan fingerprint density at radius 3 is 2.09 bits per heavy atom. The van der Waals surface area contributed by atoms with Crippen LogP contribution in [0.3, 0.4) is 0 Å². The summed E-state index contributed by atoms with van der Waals surface area (Å²) in [7, 11) is -4.19. The number of aryl methyl sites for hydroxylation is 1. The molecule has 47 heavy (non-hydrogen) atoms. The quantitative estimate of drug-likeness (QED) is 0.146. The average molecular weight is 695 g/mol. The first-order chi connectivity index (χ1) is 22.4. The molecule has 0 aliphatic carbocycles. The van der Waals surface area contributed by atoms with Crippen molar-refractivity contribution < 1.29 is 18.0 Å². The molecule has 0 fully saturated rings. The number of amides is 2. The molecule has 0 radical (unpaired) electrons. The van der Waals surface area contributed by atoms with Crippen LogP contribution in [-0.2, 0) is 32.6 Å². The number of nitrogens with zero attached hydrogens (tertiary/aromatic N) is 2. The Morgan fingerprint density at radius 1 is 0.830 bits per heavy atom. The van der Waals surface area contributed by atoms with Crippen LogP contribution in [0.4, 0.5) is 5.69 Å². The summed E-state index contributed by atoms with van der Waals surface area (Å²) in [6.45, 7) is 7.81. The molecule has 0 heterocycles. The molecule has 2 amide bonds. The topological polar surface area (TPSA) is 86.8 Å². The van der Waals surface area contributed by atoms with Crippen LogP contribution in [0.5, 0.6) is 0 Å². The van der Waals surface area contributed by atoms with Gasteiger partial charge in [-0.05, 0) is 72.4 Å². The van der Waals surface area contributed by atoms with Gasteiger partial charge in [-0.25, -0.2) is 8.42 Å². The maximum absolute atomic E-state index is 14.6. The SMILES string of the molecule is CCCNC(=O)[C@@H](Cc1ccccc1)N(Cc1ccc(Cl)c(Cl)c1)C(=O)CN(c1ccc(C(C)C)cc1)S(=O)(=O)c1ccc(C)cc1. The Bertz CT molecular complexity index is 1760. The first-order valence-electron chi connectivity index (χ1n) is 15.6. The van der Waals surface area contributed by atoms with Gasteiger partial charge in [0.1, 0.15) is 12.6 Å². The first kappa shape index (κ1) is 36.0. The lowest BCUT2D eigenvalue weighted by Crippen LogP contribution is -2.53. The molecule has 0 bridgehead atoms. The molecule has 10 heteroatoms. The molecular weight excluding hydrogens is 653 g/mol. The van der Waals surface area contributed by atoms with E-state index in [-0.39, 0.29) is 29.7 Å². The number of carbonyl (C=O) groups is 2. The van der Waals surface area contributed by atoms with E-state index in [9.17, 15) is 18.0 Å². The smallest absolute Gasteiger partial charge is 0.264 e. The summed E-state index contributed by atoms with van der Waals surface area (Å²) in [6.07, 6.45) is 0.927. The molecule has 0 aliphatic rings. The number of benzene rings is 4. The molecule has 0 aromatic heterocycles. The third-order valence-corrected chi connectivity index (χ3v) is 10.4. The number of carbonyl (C=O) groups excluding carboxylic acids is 2. The summed E-state index contributed by atoms with van der Waals surface area (Å²) in [6, 6.07) is 27.2. The maximum Gasteiger partial charge on any atom is 0.264 e. The van der Waals surface area contributed by atoms with Crippen LogP contribution >= 0.6 is 23.2 Å². The van der Waals surface area contributed by atoms with Crippen LogP contribution in [0, 0.1) is 6.92 Å². The molecule has 0 saturated carbocycles. The van der Waals surface area contributed by atoms with Gasteiger partial charge in [0.15, 0.2) is 0 Å². The first-order valence-corrected chi connectivity index (χ1v) is 17.8. The normalized spacial score (nSPS) is 12.1. The lowest BCUT2D eigenvalue weighted by Gasteiger charge is -2.34. The summed E-state index contributed by atoms with van der Waals surface area (Å²) in [4.78, 5) is 29.9. The Hall–Kier alpha value is -3.85. The van der Waals surface area contributed by atoms with Crippen molar-refractivity contribution in [2.24, 2.45) is 0 Å². The highest BCUT2D eigenvalue weighted by atomic mass is 35.5. The van der Waals surface area contributed by atoms with E-state index < -0.39 is 28.5 Å². The molecule has 0 aliphatic heterocycles. The maximum atomic E-state index is 14.6. The minimum Gasteiger partial charge on any atom is -0.354 e. The van der Waals surface area contributed by atoms with Crippen molar-refractivity contribution in [3.8, 4) is 0 Å². The fourth-order valence-corrected chi connectivity index (χ4v) is 6.88. The van der Waals surface area contributed by atoms with Gasteiger partial charge >= 0.3 is 0 Å². The third kappa shape index (κ3) is 9.37. The summed E-state index contributed by atoms with van der Waals surface area (Å²) in [5.74, 6) is -0.652. The van der Waals surface area contributed by atoms with Gasteiger partial charge in [0.2, 0.25) is 11.8 Å². The standard InChI is InChI=1S/C37H41Cl2N3O4S/c1-5-21-40-37(44)35(23-28-9-7-6-8-10-28)41(24-29-13-20-33(38)34(39)22-29)36(43)25-42(31-16-14-30(15-17-31)26(2)3)47(45,46)32-18-11-27(4)12-19-32/h6-20,22,26,35H,5,21,23-25H2,1-4H3,(H,40,44)/t35-/m1/s1. The van der Waals surface area contributed by atoms with Crippen molar-refractivity contribution in [2.45, 2.75) is 63.9 Å². The second kappa shape index (κ2) is 16.3. The summed E-state index contributed by atoms with van der Waals surface area (Å²) < 4.78 is 29.6. The van der Waals surface area contributed by atoms with E-state index in [4.69, 9.17) is 23.2 Å².